The summed E-state index contributed by atoms with van der Waals surface area (Å²) in [5.41, 5.74) is 1.54. The third-order valence-corrected chi connectivity index (χ3v) is 5.69. The number of likely N-dealkylation sites (tertiary alicyclic amines) is 1. The molecule has 27 heavy (non-hydrogen) atoms. The summed E-state index contributed by atoms with van der Waals surface area (Å²) in [5, 5.41) is 17.5. The van der Waals surface area contributed by atoms with E-state index in [2.05, 4.69) is 15.3 Å². The molecule has 2 aromatic heterocycles. The first-order chi connectivity index (χ1) is 13.0. The minimum atomic E-state index is -1.09. The first-order valence-corrected chi connectivity index (χ1v) is 9.61. The van der Waals surface area contributed by atoms with Gasteiger partial charge in [-0.2, -0.15) is 0 Å². The molecule has 1 saturated heterocycles. The Morgan fingerprint density at radius 1 is 1.37 bits per heavy atom. The number of fused-ring (bicyclic) bond motifs is 1. The molecule has 0 aliphatic carbocycles. The second-order valence-electron chi connectivity index (χ2n) is 6.81. The average molecular weight is 385 g/mol. The van der Waals surface area contributed by atoms with Gasteiger partial charge in [-0.15, -0.1) is 16.4 Å². The van der Waals surface area contributed by atoms with Gasteiger partial charge < -0.3 is 10.0 Å². The second kappa shape index (κ2) is 7.07. The number of hydrogen-bond donors (Lipinski definition) is 1. The SMILES string of the molecule is Cc1nc2ccc(C(=O)N3CCC[C@@H](Cn4cc(C(=O)O)nn4)C3)cc2s1. The molecule has 0 unspecified atom stereocenters. The van der Waals surface area contributed by atoms with E-state index in [1.165, 1.54) is 6.20 Å². The zero-order valence-electron chi connectivity index (χ0n) is 14.8. The minimum Gasteiger partial charge on any atom is -0.476 e. The van der Waals surface area contributed by atoms with Crippen LogP contribution in [0, 0.1) is 12.8 Å². The molecule has 9 heteroatoms. The number of rotatable bonds is 4. The van der Waals surface area contributed by atoms with Crippen molar-refractivity contribution in [3.8, 4) is 0 Å². The molecule has 0 bridgehead atoms. The van der Waals surface area contributed by atoms with Crippen molar-refractivity contribution in [2.75, 3.05) is 13.1 Å². The van der Waals surface area contributed by atoms with Gasteiger partial charge in [0, 0.05) is 25.2 Å². The third kappa shape index (κ3) is 3.68. The van der Waals surface area contributed by atoms with Crippen LogP contribution in [0.5, 0.6) is 0 Å². The van der Waals surface area contributed by atoms with Crippen molar-refractivity contribution in [1.82, 2.24) is 24.9 Å². The van der Waals surface area contributed by atoms with Gasteiger partial charge in [0.15, 0.2) is 5.69 Å². The topological polar surface area (TPSA) is 101 Å². The fourth-order valence-corrected chi connectivity index (χ4v) is 4.37. The Bertz CT molecular complexity index is 1010. The summed E-state index contributed by atoms with van der Waals surface area (Å²) in [5.74, 6) is -0.840. The van der Waals surface area contributed by atoms with Crippen molar-refractivity contribution in [3.63, 3.8) is 0 Å². The van der Waals surface area contributed by atoms with Crippen molar-refractivity contribution in [1.29, 1.82) is 0 Å². The average Bonchev–Trinajstić information content (AvgIpc) is 3.26. The summed E-state index contributed by atoms with van der Waals surface area (Å²) in [7, 11) is 0. The van der Waals surface area contributed by atoms with Crippen molar-refractivity contribution in [2.24, 2.45) is 5.92 Å². The van der Waals surface area contributed by atoms with Crippen LogP contribution >= 0.6 is 11.3 Å². The predicted molar refractivity (Wildman–Crippen MR) is 100.0 cm³/mol. The minimum absolute atomic E-state index is 0.0254. The lowest BCUT2D eigenvalue weighted by Gasteiger charge is -2.32. The van der Waals surface area contributed by atoms with Crippen LogP contribution in [0.2, 0.25) is 0 Å². The van der Waals surface area contributed by atoms with Gasteiger partial charge >= 0.3 is 5.97 Å². The van der Waals surface area contributed by atoms with Crippen LogP contribution in [0.1, 0.15) is 38.7 Å². The Balaban J connectivity index is 1.46. The molecule has 140 valence electrons. The van der Waals surface area contributed by atoms with Crippen molar-refractivity contribution in [2.45, 2.75) is 26.3 Å². The van der Waals surface area contributed by atoms with E-state index in [1.807, 2.05) is 30.0 Å². The van der Waals surface area contributed by atoms with Crippen LogP contribution in [0.4, 0.5) is 0 Å². The molecular weight excluding hydrogens is 366 g/mol. The van der Waals surface area contributed by atoms with E-state index in [9.17, 15) is 9.59 Å². The highest BCUT2D eigenvalue weighted by Crippen LogP contribution is 2.25. The maximum Gasteiger partial charge on any atom is 0.358 e. The molecule has 8 nitrogen and oxygen atoms in total. The number of carboxylic acid groups (broad SMARTS) is 1. The number of aryl methyl sites for hydroxylation is 1. The zero-order valence-corrected chi connectivity index (χ0v) is 15.6. The Hall–Kier alpha value is -2.81. The molecule has 3 aromatic rings. The van der Waals surface area contributed by atoms with Gasteiger partial charge in [0.1, 0.15) is 0 Å². The summed E-state index contributed by atoms with van der Waals surface area (Å²) in [6.45, 7) is 3.87. The second-order valence-corrected chi connectivity index (χ2v) is 8.04. The fourth-order valence-electron chi connectivity index (χ4n) is 3.50. The maximum atomic E-state index is 12.9. The van der Waals surface area contributed by atoms with Crippen molar-refractivity contribution >= 4 is 33.4 Å². The molecule has 0 spiro atoms. The van der Waals surface area contributed by atoms with Crippen LogP contribution in [0.3, 0.4) is 0 Å². The molecule has 1 fully saturated rings. The van der Waals surface area contributed by atoms with Gasteiger partial charge in [0.25, 0.3) is 5.91 Å². The van der Waals surface area contributed by atoms with Gasteiger partial charge in [0.05, 0.1) is 21.4 Å². The first-order valence-electron chi connectivity index (χ1n) is 8.79. The Kier molecular flexibility index (Phi) is 4.61. The van der Waals surface area contributed by atoms with E-state index in [0.29, 0.717) is 18.7 Å². The number of carbonyl (C=O) groups excluding carboxylic acids is 1. The van der Waals surface area contributed by atoms with Gasteiger partial charge in [0.2, 0.25) is 0 Å². The number of amides is 1. The lowest BCUT2D eigenvalue weighted by Crippen LogP contribution is -2.41. The lowest BCUT2D eigenvalue weighted by molar-refractivity contribution is 0.0658. The molecule has 4 rings (SSSR count). The number of aromatic nitrogens is 4. The van der Waals surface area contributed by atoms with E-state index >= 15 is 0 Å². The monoisotopic (exact) mass is 385 g/mol. The summed E-state index contributed by atoms with van der Waals surface area (Å²) in [6.07, 6.45) is 3.32. The third-order valence-electron chi connectivity index (χ3n) is 4.75. The number of carboxylic acids is 1. The van der Waals surface area contributed by atoms with Crippen LogP contribution in [-0.4, -0.2) is 55.0 Å². The predicted octanol–water partition coefficient (Wildman–Crippen LogP) is 2.45. The van der Waals surface area contributed by atoms with Crippen LogP contribution < -0.4 is 0 Å². The smallest absolute Gasteiger partial charge is 0.358 e. The van der Waals surface area contributed by atoms with E-state index in [4.69, 9.17) is 5.11 Å². The first kappa shape index (κ1) is 17.6. The molecular formula is C18H19N5O3S. The number of piperidine rings is 1. The fraction of sp³-hybridized carbons (Fsp3) is 0.389. The van der Waals surface area contributed by atoms with Gasteiger partial charge in [-0.1, -0.05) is 5.21 Å². The number of aromatic carboxylic acids is 1. The number of thiazole rings is 1. The molecule has 1 atom stereocenters. The Morgan fingerprint density at radius 3 is 3.00 bits per heavy atom. The number of benzene rings is 1. The van der Waals surface area contributed by atoms with E-state index in [-0.39, 0.29) is 17.5 Å². The van der Waals surface area contributed by atoms with Crippen LogP contribution in [0.25, 0.3) is 10.2 Å². The zero-order chi connectivity index (χ0) is 19.0. The standard InChI is InChI=1S/C18H19N5O3S/c1-11-19-14-5-4-13(7-16(14)27-11)17(24)22-6-2-3-12(8-22)9-23-10-15(18(25)26)20-21-23/h4-5,7,10,12H,2-3,6,8-9H2,1H3,(H,25,26)/t12-/m1/s1. The summed E-state index contributed by atoms with van der Waals surface area (Å²) < 4.78 is 2.57. The van der Waals surface area contributed by atoms with Crippen molar-refractivity contribution < 1.29 is 14.7 Å². The highest BCUT2D eigenvalue weighted by Gasteiger charge is 2.25. The van der Waals surface area contributed by atoms with E-state index in [1.54, 1.807) is 16.0 Å². The van der Waals surface area contributed by atoms with Crippen molar-refractivity contribution in [3.05, 3.63) is 40.7 Å². The largest absolute Gasteiger partial charge is 0.476 e. The summed E-state index contributed by atoms with van der Waals surface area (Å²) in [6, 6.07) is 5.66. The maximum absolute atomic E-state index is 12.9. The normalized spacial score (nSPS) is 17.4. The Labute approximate surface area is 159 Å². The van der Waals surface area contributed by atoms with E-state index in [0.717, 1.165) is 34.6 Å². The summed E-state index contributed by atoms with van der Waals surface area (Å²) >= 11 is 1.59. The van der Waals surface area contributed by atoms with E-state index < -0.39 is 5.97 Å². The molecule has 1 amide bonds. The number of carbonyl (C=O) groups is 2. The highest BCUT2D eigenvalue weighted by molar-refractivity contribution is 7.18. The molecule has 1 N–H and O–H groups in total. The summed E-state index contributed by atoms with van der Waals surface area (Å²) in [4.78, 5) is 30.2. The van der Waals surface area contributed by atoms with Crippen LogP contribution in [-0.2, 0) is 6.54 Å². The Morgan fingerprint density at radius 2 is 2.22 bits per heavy atom. The molecule has 3 heterocycles. The van der Waals surface area contributed by atoms with Gasteiger partial charge in [-0.25, -0.2) is 9.78 Å². The highest BCUT2D eigenvalue weighted by atomic mass is 32.1. The van der Waals surface area contributed by atoms with Gasteiger partial charge in [-0.05, 0) is 43.9 Å². The molecule has 0 radical (unpaired) electrons. The molecule has 1 aromatic carbocycles. The number of nitrogens with zero attached hydrogens (tertiary/aromatic N) is 5. The molecule has 0 saturated carbocycles. The number of hydrogen-bond acceptors (Lipinski definition) is 6. The molecule has 1 aliphatic heterocycles. The lowest BCUT2D eigenvalue weighted by atomic mass is 9.97. The quantitative estimate of drug-likeness (QED) is 0.740. The van der Waals surface area contributed by atoms with Crippen LogP contribution in [0.15, 0.2) is 24.4 Å². The van der Waals surface area contributed by atoms with Gasteiger partial charge in [-0.3, -0.25) is 9.48 Å². The molecule has 1 aliphatic rings.